The van der Waals surface area contributed by atoms with Crippen LogP contribution in [0, 0.1) is 0 Å². The number of hydrogen-bond donors (Lipinski definition) is 1. The summed E-state index contributed by atoms with van der Waals surface area (Å²) < 4.78 is 0. The third-order valence-corrected chi connectivity index (χ3v) is 4.82. The van der Waals surface area contributed by atoms with E-state index in [2.05, 4.69) is 29.3 Å². The lowest BCUT2D eigenvalue weighted by atomic mass is 10.00. The lowest BCUT2D eigenvalue weighted by Crippen LogP contribution is -2.31. The highest BCUT2D eigenvalue weighted by Crippen LogP contribution is 2.26. The van der Waals surface area contributed by atoms with Crippen LogP contribution in [0.15, 0.2) is 48.5 Å². The fourth-order valence-corrected chi connectivity index (χ4v) is 3.44. The fraction of sp³-hybridized carbons (Fsp3) is 0.250. The largest absolute Gasteiger partial charge is 0.476 e. The fourth-order valence-electron chi connectivity index (χ4n) is 3.44. The summed E-state index contributed by atoms with van der Waals surface area (Å²) in [6, 6.07) is 16.1. The number of para-hydroxylation sites is 1. The highest BCUT2D eigenvalue weighted by Gasteiger charge is 2.26. The maximum absolute atomic E-state index is 11.8. The van der Waals surface area contributed by atoms with Crippen molar-refractivity contribution in [2.24, 2.45) is 0 Å². The van der Waals surface area contributed by atoms with Gasteiger partial charge in [0.25, 0.3) is 0 Å². The Kier molecular flexibility index (Phi) is 4.16. The maximum atomic E-state index is 11.8. The summed E-state index contributed by atoms with van der Waals surface area (Å²) >= 11 is 0. The van der Waals surface area contributed by atoms with Gasteiger partial charge in [-0.3, -0.25) is 0 Å². The molecule has 0 spiro atoms. The molecule has 0 bridgehead atoms. The second-order valence-corrected chi connectivity index (χ2v) is 6.39. The van der Waals surface area contributed by atoms with Gasteiger partial charge in [0.15, 0.2) is 5.82 Å². The molecule has 2 aromatic carbocycles. The van der Waals surface area contributed by atoms with Crippen LogP contribution in [0.25, 0.3) is 5.69 Å². The highest BCUT2D eigenvalue weighted by molar-refractivity contribution is 5.91. The van der Waals surface area contributed by atoms with Gasteiger partial charge in [-0.15, -0.1) is 15.0 Å². The molecule has 0 aliphatic carbocycles. The van der Waals surface area contributed by atoms with E-state index in [1.165, 1.54) is 15.9 Å². The standard InChI is InChI=1S/C20H20N4O2/c1-2-14-7-5-6-10-17(14)24-21-18(20(25)26)19(22-24)23-12-11-15-8-3-4-9-16(15)13-23/h3-10H,2,11-13H2,1H3,(H,25,26). The molecule has 0 saturated heterocycles. The van der Waals surface area contributed by atoms with E-state index in [9.17, 15) is 9.90 Å². The van der Waals surface area contributed by atoms with Gasteiger partial charge in [-0.1, -0.05) is 49.4 Å². The molecule has 0 unspecified atom stereocenters. The Morgan fingerprint density at radius 2 is 1.81 bits per heavy atom. The lowest BCUT2D eigenvalue weighted by Gasteiger charge is -2.28. The van der Waals surface area contributed by atoms with Crippen molar-refractivity contribution in [2.75, 3.05) is 11.4 Å². The first-order valence-electron chi connectivity index (χ1n) is 8.78. The van der Waals surface area contributed by atoms with E-state index >= 15 is 0 Å². The smallest absolute Gasteiger partial charge is 0.360 e. The molecular formula is C20H20N4O2. The SMILES string of the molecule is CCc1ccccc1-n1nc(C(=O)O)c(N2CCc3ccccc3C2)n1. The third kappa shape index (κ3) is 2.83. The first-order valence-corrected chi connectivity index (χ1v) is 8.78. The molecular weight excluding hydrogens is 328 g/mol. The van der Waals surface area contributed by atoms with Gasteiger partial charge in [-0.25, -0.2) is 4.79 Å². The topological polar surface area (TPSA) is 71.2 Å². The molecule has 0 radical (unpaired) electrons. The zero-order valence-electron chi connectivity index (χ0n) is 14.6. The Balaban J connectivity index is 1.75. The number of benzene rings is 2. The number of carboxylic acid groups (broad SMARTS) is 1. The van der Waals surface area contributed by atoms with Crippen LogP contribution >= 0.6 is 0 Å². The van der Waals surface area contributed by atoms with Gasteiger partial charge >= 0.3 is 5.97 Å². The van der Waals surface area contributed by atoms with Crippen molar-refractivity contribution >= 4 is 11.8 Å². The van der Waals surface area contributed by atoms with Gasteiger partial charge in [-0.2, -0.15) is 0 Å². The minimum atomic E-state index is -1.06. The lowest BCUT2D eigenvalue weighted by molar-refractivity contribution is 0.0690. The molecule has 132 valence electrons. The van der Waals surface area contributed by atoms with Crippen molar-refractivity contribution in [2.45, 2.75) is 26.3 Å². The third-order valence-electron chi connectivity index (χ3n) is 4.82. The van der Waals surface area contributed by atoms with Crippen LogP contribution in [-0.2, 0) is 19.4 Å². The number of fused-ring (bicyclic) bond motifs is 1. The summed E-state index contributed by atoms with van der Waals surface area (Å²) in [5.74, 6) is -0.628. The van der Waals surface area contributed by atoms with Crippen LogP contribution in [0.2, 0.25) is 0 Å². The van der Waals surface area contributed by atoms with E-state index in [0.717, 1.165) is 30.6 Å². The van der Waals surface area contributed by atoms with E-state index in [4.69, 9.17) is 0 Å². The van der Waals surface area contributed by atoms with Crippen molar-refractivity contribution in [3.05, 3.63) is 70.9 Å². The normalized spacial score (nSPS) is 13.5. The number of hydrogen-bond acceptors (Lipinski definition) is 4. The summed E-state index contributed by atoms with van der Waals surface area (Å²) in [6.45, 7) is 3.43. The van der Waals surface area contributed by atoms with Crippen molar-refractivity contribution in [1.29, 1.82) is 0 Å². The molecule has 3 aromatic rings. The number of nitrogens with zero attached hydrogens (tertiary/aromatic N) is 4. The Hall–Kier alpha value is -3.15. The monoisotopic (exact) mass is 348 g/mol. The van der Waals surface area contributed by atoms with Gasteiger partial charge in [0.1, 0.15) is 0 Å². The Morgan fingerprint density at radius 3 is 2.58 bits per heavy atom. The van der Waals surface area contributed by atoms with E-state index in [-0.39, 0.29) is 5.69 Å². The second kappa shape index (κ2) is 6.63. The van der Waals surface area contributed by atoms with E-state index in [1.54, 1.807) is 0 Å². The number of carbonyl (C=O) groups is 1. The molecule has 2 heterocycles. The van der Waals surface area contributed by atoms with Gasteiger partial charge in [0, 0.05) is 13.1 Å². The number of aromatic nitrogens is 3. The molecule has 4 rings (SSSR count). The van der Waals surface area contributed by atoms with Crippen molar-refractivity contribution in [1.82, 2.24) is 15.0 Å². The number of rotatable bonds is 4. The summed E-state index contributed by atoms with van der Waals surface area (Å²) in [4.78, 5) is 15.2. The number of aromatic carboxylic acids is 1. The quantitative estimate of drug-likeness (QED) is 0.784. The Morgan fingerprint density at radius 1 is 1.08 bits per heavy atom. The molecule has 1 aliphatic rings. The van der Waals surface area contributed by atoms with Crippen LogP contribution < -0.4 is 4.90 Å². The minimum absolute atomic E-state index is 0.00436. The van der Waals surface area contributed by atoms with Crippen LogP contribution in [0.1, 0.15) is 34.1 Å². The maximum Gasteiger partial charge on any atom is 0.360 e. The predicted octanol–water partition coefficient (Wildman–Crippen LogP) is 3.09. The number of carboxylic acids is 1. The number of anilines is 1. The minimum Gasteiger partial charge on any atom is -0.476 e. The zero-order chi connectivity index (χ0) is 18.1. The van der Waals surface area contributed by atoms with Gasteiger partial charge < -0.3 is 10.0 Å². The van der Waals surface area contributed by atoms with Crippen LogP contribution in [0.3, 0.4) is 0 Å². The van der Waals surface area contributed by atoms with Crippen LogP contribution in [0.4, 0.5) is 5.82 Å². The zero-order valence-corrected chi connectivity index (χ0v) is 14.6. The molecule has 0 atom stereocenters. The Labute approximate surface area is 151 Å². The molecule has 1 aromatic heterocycles. The molecule has 0 saturated carbocycles. The van der Waals surface area contributed by atoms with Crippen molar-refractivity contribution < 1.29 is 9.90 Å². The Bertz CT molecular complexity index is 964. The molecule has 26 heavy (non-hydrogen) atoms. The highest BCUT2D eigenvalue weighted by atomic mass is 16.4. The van der Waals surface area contributed by atoms with E-state index in [0.29, 0.717) is 12.4 Å². The molecule has 6 heteroatoms. The van der Waals surface area contributed by atoms with E-state index in [1.807, 2.05) is 41.3 Å². The second-order valence-electron chi connectivity index (χ2n) is 6.39. The summed E-state index contributed by atoms with van der Waals surface area (Å²) in [5.41, 5.74) is 4.41. The average Bonchev–Trinajstić information content (AvgIpc) is 3.13. The molecule has 6 nitrogen and oxygen atoms in total. The first kappa shape index (κ1) is 16.3. The van der Waals surface area contributed by atoms with Gasteiger partial charge in [-0.05, 0) is 35.6 Å². The first-order chi connectivity index (χ1) is 12.7. The predicted molar refractivity (Wildman–Crippen MR) is 98.9 cm³/mol. The summed E-state index contributed by atoms with van der Waals surface area (Å²) in [6.07, 6.45) is 1.69. The van der Waals surface area contributed by atoms with Gasteiger partial charge in [0.05, 0.1) is 5.69 Å². The van der Waals surface area contributed by atoms with Crippen LogP contribution in [0.5, 0.6) is 0 Å². The van der Waals surface area contributed by atoms with E-state index < -0.39 is 5.97 Å². The molecule has 0 fully saturated rings. The molecule has 0 amide bonds. The summed E-state index contributed by atoms with van der Waals surface area (Å²) in [5, 5.41) is 18.5. The average molecular weight is 348 g/mol. The number of aryl methyl sites for hydroxylation is 1. The van der Waals surface area contributed by atoms with Crippen molar-refractivity contribution in [3.63, 3.8) is 0 Å². The van der Waals surface area contributed by atoms with Crippen molar-refractivity contribution in [3.8, 4) is 5.69 Å². The van der Waals surface area contributed by atoms with Gasteiger partial charge in [0.2, 0.25) is 5.69 Å². The van der Waals surface area contributed by atoms with Crippen LogP contribution in [-0.4, -0.2) is 32.6 Å². The molecule has 1 N–H and O–H groups in total. The molecule has 1 aliphatic heterocycles. The summed E-state index contributed by atoms with van der Waals surface area (Å²) in [7, 11) is 0.